The average Bonchev–Trinajstić information content (AvgIpc) is 3.70. The molecule has 5 heterocycles. The second kappa shape index (κ2) is 8.01. The van der Waals surface area contributed by atoms with E-state index in [0.29, 0.717) is 12.1 Å². The first-order valence-electron chi connectivity index (χ1n) is 12.9. The van der Waals surface area contributed by atoms with E-state index in [2.05, 4.69) is 70.1 Å². The smallest absolute Gasteiger partial charge is 0.123 e. The molecule has 0 saturated carbocycles. The zero-order valence-corrected chi connectivity index (χ0v) is 21.4. The second-order valence-corrected chi connectivity index (χ2v) is 15.1. The molecule has 0 bridgehead atoms. The molecule has 2 aromatic carbocycles. The highest BCUT2D eigenvalue weighted by Crippen LogP contribution is 2.33. The summed E-state index contributed by atoms with van der Waals surface area (Å²) in [5, 5.41) is 10.1. The van der Waals surface area contributed by atoms with Crippen molar-refractivity contribution in [3.8, 4) is 33.6 Å². The monoisotopic (exact) mass is 480 g/mol. The van der Waals surface area contributed by atoms with E-state index in [1.165, 1.54) is 45.5 Å². The highest BCUT2D eigenvalue weighted by atomic mass is 28.3. The Morgan fingerprint density at radius 2 is 1.20 bits per heavy atom. The van der Waals surface area contributed by atoms with Gasteiger partial charge in [-0.15, -0.1) is 0 Å². The Balaban J connectivity index is 1.22. The van der Waals surface area contributed by atoms with Crippen LogP contribution in [0, 0.1) is 0 Å². The Hall–Kier alpha value is -3.00. The van der Waals surface area contributed by atoms with Crippen LogP contribution in [0.5, 0.6) is 0 Å². The SMILES string of the molecule is C[Si]1(C)c2cc(-c3cnc([C@@H]4CCCN4)[nH]3)ccc2-c2ccc(-c3cnc([C@@H]4CCCN4)[nH]3)cc21. The van der Waals surface area contributed by atoms with Crippen molar-refractivity contribution < 1.29 is 0 Å². The Labute approximate surface area is 207 Å². The molecule has 178 valence electrons. The Morgan fingerprint density at radius 1 is 0.714 bits per heavy atom. The standard InChI is InChI=1S/C28H32N6Si/c1-35(2)25-13-17(23-15-31-27(33-23)21-5-3-11-29-21)7-9-19(25)20-10-8-18(14-26(20)35)24-16-32-28(34-24)22-6-4-12-30-22/h7-10,13-16,21-22,29-30H,3-6,11-12H2,1-2H3,(H,31,33)(H,32,34)/t21-,22-/m0/s1. The molecule has 3 aliphatic rings. The van der Waals surface area contributed by atoms with Gasteiger partial charge in [0.2, 0.25) is 0 Å². The quantitative estimate of drug-likeness (QED) is 0.331. The van der Waals surface area contributed by atoms with Crippen LogP contribution in [0.4, 0.5) is 0 Å². The molecule has 6 nitrogen and oxygen atoms in total. The molecule has 7 rings (SSSR count). The van der Waals surface area contributed by atoms with Gasteiger partial charge in [-0.2, -0.15) is 0 Å². The summed E-state index contributed by atoms with van der Waals surface area (Å²) in [6.07, 6.45) is 8.75. The van der Waals surface area contributed by atoms with Gasteiger partial charge < -0.3 is 20.6 Å². The predicted molar refractivity (Wildman–Crippen MR) is 144 cm³/mol. The molecule has 35 heavy (non-hydrogen) atoms. The fraction of sp³-hybridized carbons (Fsp3) is 0.357. The number of aromatic amines is 2. The number of nitrogens with zero attached hydrogens (tertiary/aromatic N) is 2. The van der Waals surface area contributed by atoms with Crippen molar-refractivity contribution in [2.75, 3.05) is 13.1 Å². The summed E-state index contributed by atoms with van der Waals surface area (Å²) in [5.41, 5.74) is 7.48. The van der Waals surface area contributed by atoms with E-state index in [4.69, 9.17) is 9.97 Å². The van der Waals surface area contributed by atoms with Crippen LogP contribution < -0.4 is 21.0 Å². The maximum atomic E-state index is 4.70. The molecule has 4 aromatic rings. The molecule has 7 heteroatoms. The fourth-order valence-electron chi connectivity index (χ4n) is 6.23. The van der Waals surface area contributed by atoms with Gasteiger partial charge in [-0.1, -0.05) is 49.5 Å². The number of hydrogen-bond donors (Lipinski definition) is 4. The van der Waals surface area contributed by atoms with Crippen molar-refractivity contribution in [2.24, 2.45) is 0 Å². The van der Waals surface area contributed by atoms with Crippen LogP contribution in [-0.2, 0) is 0 Å². The minimum Gasteiger partial charge on any atom is -0.341 e. The number of H-pyrrole nitrogens is 2. The third kappa shape index (κ3) is 3.44. The van der Waals surface area contributed by atoms with Crippen molar-refractivity contribution in [1.82, 2.24) is 30.6 Å². The van der Waals surface area contributed by atoms with Gasteiger partial charge in [-0.3, -0.25) is 0 Å². The van der Waals surface area contributed by atoms with Gasteiger partial charge in [-0.25, -0.2) is 9.97 Å². The van der Waals surface area contributed by atoms with E-state index in [1.807, 2.05) is 12.4 Å². The third-order valence-corrected chi connectivity index (χ3v) is 11.8. The predicted octanol–water partition coefficient (Wildman–Crippen LogP) is 4.12. The van der Waals surface area contributed by atoms with Crippen LogP contribution >= 0.6 is 0 Å². The lowest BCUT2D eigenvalue weighted by molar-refractivity contribution is 0.613. The Morgan fingerprint density at radius 3 is 1.63 bits per heavy atom. The summed E-state index contributed by atoms with van der Waals surface area (Å²) in [6, 6.07) is 14.7. The maximum absolute atomic E-state index is 4.70. The second-order valence-electron chi connectivity index (χ2n) is 10.8. The zero-order valence-electron chi connectivity index (χ0n) is 20.4. The van der Waals surface area contributed by atoms with E-state index in [-0.39, 0.29) is 0 Å². The van der Waals surface area contributed by atoms with E-state index in [1.54, 1.807) is 0 Å². The number of hydrogen-bond acceptors (Lipinski definition) is 4. The van der Waals surface area contributed by atoms with Crippen molar-refractivity contribution in [3.05, 3.63) is 60.4 Å². The van der Waals surface area contributed by atoms with Gasteiger partial charge in [0.15, 0.2) is 0 Å². The first-order chi connectivity index (χ1) is 17.1. The average molecular weight is 481 g/mol. The topological polar surface area (TPSA) is 81.4 Å². The Kier molecular flexibility index (Phi) is 4.88. The summed E-state index contributed by atoms with van der Waals surface area (Å²) in [6.45, 7) is 7.12. The van der Waals surface area contributed by atoms with Gasteiger partial charge in [-0.05, 0) is 71.4 Å². The van der Waals surface area contributed by atoms with E-state index in [9.17, 15) is 0 Å². The largest absolute Gasteiger partial charge is 0.341 e. The van der Waals surface area contributed by atoms with Gasteiger partial charge in [0.25, 0.3) is 0 Å². The van der Waals surface area contributed by atoms with Gasteiger partial charge in [0.1, 0.15) is 19.7 Å². The van der Waals surface area contributed by atoms with Gasteiger partial charge in [0.05, 0.1) is 35.9 Å². The summed E-state index contributed by atoms with van der Waals surface area (Å²) >= 11 is 0. The molecule has 3 aliphatic heterocycles. The van der Waals surface area contributed by atoms with Crippen LogP contribution in [0.2, 0.25) is 13.1 Å². The van der Waals surface area contributed by atoms with E-state index < -0.39 is 8.07 Å². The molecule has 0 spiro atoms. The molecular weight excluding hydrogens is 448 g/mol. The minimum absolute atomic E-state index is 0.360. The van der Waals surface area contributed by atoms with Crippen LogP contribution in [-0.4, -0.2) is 41.1 Å². The molecule has 4 N–H and O–H groups in total. The van der Waals surface area contributed by atoms with Crippen LogP contribution in [0.15, 0.2) is 48.8 Å². The van der Waals surface area contributed by atoms with Crippen molar-refractivity contribution in [3.63, 3.8) is 0 Å². The Bertz CT molecular complexity index is 1300. The summed E-state index contributed by atoms with van der Waals surface area (Å²) < 4.78 is 0. The number of imidazole rings is 2. The minimum atomic E-state index is -1.84. The molecular formula is C28H32N6Si. The fourth-order valence-corrected chi connectivity index (χ4v) is 9.33. The third-order valence-electron chi connectivity index (χ3n) is 8.27. The molecule has 0 radical (unpaired) electrons. The number of benzene rings is 2. The van der Waals surface area contributed by atoms with Gasteiger partial charge >= 0.3 is 0 Å². The molecule has 2 atom stereocenters. The van der Waals surface area contributed by atoms with Crippen LogP contribution in [0.1, 0.15) is 49.4 Å². The van der Waals surface area contributed by atoms with Crippen molar-refractivity contribution in [2.45, 2.75) is 50.9 Å². The van der Waals surface area contributed by atoms with E-state index >= 15 is 0 Å². The molecule has 0 amide bonds. The van der Waals surface area contributed by atoms with E-state index in [0.717, 1.165) is 49.0 Å². The van der Waals surface area contributed by atoms with Crippen LogP contribution in [0.25, 0.3) is 33.6 Å². The molecule has 0 unspecified atom stereocenters. The maximum Gasteiger partial charge on any atom is 0.123 e. The lowest BCUT2D eigenvalue weighted by Crippen LogP contribution is -2.49. The van der Waals surface area contributed by atoms with Gasteiger partial charge in [0, 0.05) is 0 Å². The zero-order chi connectivity index (χ0) is 23.6. The normalized spacial score (nSPS) is 22.5. The number of nitrogens with one attached hydrogen (secondary N) is 4. The molecule has 2 fully saturated rings. The number of aromatic nitrogens is 4. The summed E-state index contributed by atoms with van der Waals surface area (Å²) in [5.74, 6) is 2.13. The number of rotatable bonds is 4. The summed E-state index contributed by atoms with van der Waals surface area (Å²) in [7, 11) is -1.84. The molecule has 2 aromatic heterocycles. The molecule has 2 saturated heterocycles. The first kappa shape index (κ1) is 21.3. The number of fused-ring (bicyclic) bond motifs is 3. The lowest BCUT2D eigenvalue weighted by atomic mass is 10.0. The summed E-state index contributed by atoms with van der Waals surface area (Å²) in [4.78, 5) is 16.6. The van der Waals surface area contributed by atoms with Crippen molar-refractivity contribution >= 4 is 18.4 Å². The first-order valence-corrected chi connectivity index (χ1v) is 15.9. The van der Waals surface area contributed by atoms with Crippen molar-refractivity contribution in [1.29, 1.82) is 0 Å². The highest BCUT2D eigenvalue weighted by Gasteiger charge is 2.38. The lowest BCUT2D eigenvalue weighted by Gasteiger charge is -2.20. The van der Waals surface area contributed by atoms with Crippen LogP contribution in [0.3, 0.4) is 0 Å². The molecule has 0 aliphatic carbocycles. The highest BCUT2D eigenvalue weighted by molar-refractivity contribution is 7.03.